The molecule has 3 rings (SSSR count). The Bertz CT molecular complexity index is 475. The molecule has 3 heteroatoms. The lowest BCUT2D eigenvalue weighted by Crippen LogP contribution is -2.34. The van der Waals surface area contributed by atoms with Gasteiger partial charge in [-0.3, -0.25) is 4.79 Å². The Morgan fingerprint density at radius 3 is 2.62 bits per heavy atom. The molecule has 0 radical (unpaired) electrons. The summed E-state index contributed by atoms with van der Waals surface area (Å²) in [6, 6.07) is 10.3. The van der Waals surface area contributed by atoms with E-state index in [1.165, 1.54) is 31.2 Å². The fraction of sp³-hybridized carbons (Fsp3) is 0.611. The molecule has 2 aliphatic rings. The van der Waals surface area contributed by atoms with Crippen LogP contribution in [0.25, 0.3) is 0 Å². The highest BCUT2D eigenvalue weighted by atomic mass is 79.9. The normalized spacial score (nSPS) is 27.0. The Kier molecular flexibility index (Phi) is 4.99. The summed E-state index contributed by atoms with van der Waals surface area (Å²) >= 11 is 3.48. The topological polar surface area (TPSA) is 20.3 Å². The van der Waals surface area contributed by atoms with E-state index in [0.29, 0.717) is 11.8 Å². The number of hydrogen-bond donors (Lipinski definition) is 0. The van der Waals surface area contributed by atoms with Crippen LogP contribution in [0, 0.1) is 17.8 Å². The van der Waals surface area contributed by atoms with Gasteiger partial charge in [-0.2, -0.15) is 0 Å². The third kappa shape index (κ3) is 3.68. The Morgan fingerprint density at radius 2 is 2.00 bits per heavy atom. The first-order valence-electron chi connectivity index (χ1n) is 8.14. The summed E-state index contributed by atoms with van der Waals surface area (Å²) in [6.45, 7) is 1.54. The molecule has 2 aliphatic carbocycles. The van der Waals surface area contributed by atoms with E-state index >= 15 is 0 Å². The van der Waals surface area contributed by atoms with Crippen LogP contribution in [0.5, 0.6) is 0 Å². The average molecular weight is 350 g/mol. The van der Waals surface area contributed by atoms with E-state index in [4.69, 9.17) is 0 Å². The predicted molar refractivity (Wildman–Crippen MR) is 89.2 cm³/mol. The number of carbonyl (C=O) groups is 1. The summed E-state index contributed by atoms with van der Waals surface area (Å²) in [6.07, 6.45) is 6.21. The van der Waals surface area contributed by atoms with E-state index in [0.717, 1.165) is 36.7 Å². The lowest BCUT2D eigenvalue weighted by atomic mass is 9.86. The van der Waals surface area contributed by atoms with Crippen LogP contribution in [0.15, 0.2) is 30.3 Å². The maximum Gasteiger partial charge on any atom is 0.223 e. The number of carbonyl (C=O) groups excluding carboxylic acids is 1. The van der Waals surface area contributed by atoms with E-state index in [-0.39, 0.29) is 0 Å². The fourth-order valence-corrected chi connectivity index (χ4v) is 4.61. The second kappa shape index (κ2) is 6.95. The molecule has 1 aromatic rings. The Hall–Kier alpha value is -0.830. The van der Waals surface area contributed by atoms with Crippen molar-refractivity contribution in [2.75, 3.05) is 11.9 Å². The van der Waals surface area contributed by atoms with Gasteiger partial charge in [0, 0.05) is 24.8 Å². The third-order valence-electron chi connectivity index (χ3n) is 5.24. The van der Waals surface area contributed by atoms with Crippen LogP contribution in [-0.4, -0.2) is 22.7 Å². The summed E-state index contributed by atoms with van der Waals surface area (Å²) in [7, 11) is 0. The molecule has 0 spiro atoms. The van der Waals surface area contributed by atoms with Gasteiger partial charge in [0.25, 0.3) is 0 Å². The second-order valence-corrected chi connectivity index (χ2v) is 7.42. The lowest BCUT2D eigenvalue weighted by Gasteiger charge is -2.26. The van der Waals surface area contributed by atoms with Gasteiger partial charge < -0.3 is 4.90 Å². The average Bonchev–Trinajstić information content (AvgIpc) is 3.10. The van der Waals surface area contributed by atoms with Gasteiger partial charge in [0.05, 0.1) is 0 Å². The van der Waals surface area contributed by atoms with Crippen LogP contribution in [0.4, 0.5) is 0 Å². The van der Waals surface area contributed by atoms with Gasteiger partial charge >= 0.3 is 0 Å². The smallest absolute Gasteiger partial charge is 0.223 e. The predicted octanol–water partition coefficient (Wildman–Crippen LogP) is 4.24. The fourth-order valence-electron chi connectivity index (χ4n) is 4.18. The molecule has 114 valence electrons. The van der Waals surface area contributed by atoms with Crippen LogP contribution in [0.3, 0.4) is 0 Å². The number of rotatable bonds is 6. The molecular weight excluding hydrogens is 326 g/mol. The standard InChI is InChI=1S/C18H24BrNO/c19-8-9-20(13-14-4-2-1-3-5-14)18(21)12-17-11-15-6-7-16(17)10-15/h1-5,15-17H,6-13H2. The Labute approximate surface area is 136 Å². The van der Waals surface area contributed by atoms with Crippen molar-refractivity contribution in [3.63, 3.8) is 0 Å². The number of fused-ring (bicyclic) bond motifs is 2. The SMILES string of the molecule is O=C(CC1CC2CCC1C2)N(CCBr)Cc1ccccc1. The minimum absolute atomic E-state index is 0.343. The molecule has 0 N–H and O–H groups in total. The van der Waals surface area contributed by atoms with Gasteiger partial charge in [-0.05, 0) is 42.6 Å². The van der Waals surface area contributed by atoms with Crippen LogP contribution in [0.1, 0.15) is 37.7 Å². The maximum absolute atomic E-state index is 12.7. The molecule has 2 fully saturated rings. The van der Waals surface area contributed by atoms with Crippen molar-refractivity contribution >= 4 is 21.8 Å². The van der Waals surface area contributed by atoms with Crippen LogP contribution < -0.4 is 0 Å². The van der Waals surface area contributed by atoms with E-state index in [1.807, 2.05) is 23.1 Å². The highest BCUT2D eigenvalue weighted by Gasteiger charge is 2.40. The molecular formula is C18H24BrNO. The van der Waals surface area contributed by atoms with Gasteiger partial charge in [-0.15, -0.1) is 0 Å². The first kappa shape index (κ1) is 15.1. The van der Waals surface area contributed by atoms with E-state index in [1.54, 1.807) is 0 Å². The van der Waals surface area contributed by atoms with Crippen molar-refractivity contribution in [1.82, 2.24) is 4.90 Å². The van der Waals surface area contributed by atoms with Crippen molar-refractivity contribution in [3.05, 3.63) is 35.9 Å². The van der Waals surface area contributed by atoms with E-state index in [9.17, 15) is 4.79 Å². The van der Waals surface area contributed by atoms with E-state index < -0.39 is 0 Å². The minimum atomic E-state index is 0.343. The molecule has 21 heavy (non-hydrogen) atoms. The highest BCUT2D eigenvalue weighted by Crippen LogP contribution is 2.49. The minimum Gasteiger partial charge on any atom is -0.338 e. The molecule has 2 nitrogen and oxygen atoms in total. The van der Waals surface area contributed by atoms with Crippen LogP contribution in [-0.2, 0) is 11.3 Å². The highest BCUT2D eigenvalue weighted by molar-refractivity contribution is 9.09. The monoisotopic (exact) mass is 349 g/mol. The van der Waals surface area contributed by atoms with Gasteiger partial charge in [0.15, 0.2) is 0 Å². The summed E-state index contributed by atoms with van der Waals surface area (Å²) < 4.78 is 0. The molecule has 0 aliphatic heterocycles. The number of hydrogen-bond acceptors (Lipinski definition) is 1. The zero-order valence-electron chi connectivity index (χ0n) is 12.5. The van der Waals surface area contributed by atoms with Crippen molar-refractivity contribution < 1.29 is 4.79 Å². The molecule has 3 unspecified atom stereocenters. The molecule has 1 amide bonds. The van der Waals surface area contributed by atoms with Gasteiger partial charge in [-0.1, -0.05) is 52.7 Å². The number of benzene rings is 1. The maximum atomic E-state index is 12.7. The molecule has 2 bridgehead atoms. The number of amides is 1. The Balaban J connectivity index is 1.59. The molecule has 3 atom stereocenters. The van der Waals surface area contributed by atoms with Crippen LogP contribution >= 0.6 is 15.9 Å². The van der Waals surface area contributed by atoms with Crippen molar-refractivity contribution in [2.45, 2.75) is 38.6 Å². The van der Waals surface area contributed by atoms with Crippen LogP contribution in [0.2, 0.25) is 0 Å². The first-order chi connectivity index (χ1) is 10.3. The molecule has 2 saturated carbocycles. The zero-order chi connectivity index (χ0) is 14.7. The number of alkyl halides is 1. The van der Waals surface area contributed by atoms with Gasteiger partial charge in [-0.25, -0.2) is 0 Å². The van der Waals surface area contributed by atoms with Crippen molar-refractivity contribution in [2.24, 2.45) is 17.8 Å². The number of nitrogens with zero attached hydrogens (tertiary/aromatic N) is 1. The van der Waals surface area contributed by atoms with E-state index in [2.05, 4.69) is 28.1 Å². The molecule has 1 aromatic carbocycles. The molecule has 0 heterocycles. The second-order valence-electron chi connectivity index (χ2n) is 6.63. The third-order valence-corrected chi connectivity index (χ3v) is 5.60. The summed E-state index contributed by atoms with van der Waals surface area (Å²) in [5.74, 6) is 2.76. The lowest BCUT2D eigenvalue weighted by molar-refractivity contribution is -0.133. The first-order valence-corrected chi connectivity index (χ1v) is 9.26. The quantitative estimate of drug-likeness (QED) is 0.703. The summed E-state index contributed by atoms with van der Waals surface area (Å²) in [5.41, 5.74) is 1.22. The Morgan fingerprint density at radius 1 is 1.19 bits per heavy atom. The summed E-state index contributed by atoms with van der Waals surface area (Å²) in [5, 5.41) is 0.849. The zero-order valence-corrected chi connectivity index (χ0v) is 14.1. The molecule has 0 aromatic heterocycles. The summed E-state index contributed by atoms with van der Waals surface area (Å²) in [4.78, 5) is 14.7. The van der Waals surface area contributed by atoms with Crippen molar-refractivity contribution in [1.29, 1.82) is 0 Å². The largest absolute Gasteiger partial charge is 0.338 e. The van der Waals surface area contributed by atoms with Gasteiger partial charge in [0.2, 0.25) is 5.91 Å². The van der Waals surface area contributed by atoms with Crippen molar-refractivity contribution in [3.8, 4) is 0 Å². The van der Waals surface area contributed by atoms with Gasteiger partial charge in [0.1, 0.15) is 0 Å². The molecule has 0 saturated heterocycles. The number of halogens is 1.